The summed E-state index contributed by atoms with van der Waals surface area (Å²) in [7, 11) is 0. The van der Waals surface area contributed by atoms with Crippen molar-refractivity contribution < 1.29 is 28.8 Å². The molecule has 0 unspecified atom stereocenters. The standard InChI is InChI=1S/C48H72O6/c1-6-11-16-21-26-50-44-32-38-37(31-43(44)49)39-33-45(51-27-22-17-12-7-2)47(53-29-24-19-14-9-4)35-41(39)42-36-48(54-30-25-20-15-10-5)46(34-40(38)42)52-28-23-18-13-8-3/h31-36,49H,6-30H2,1-5H3. The van der Waals surface area contributed by atoms with Gasteiger partial charge in [-0.3, -0.25) is 0 Å². The van der Waals surface area contributed by atoms with Gasteiger partial charge in [0.1, 0.15) is 0 Å². The fraction of sp³-hybridized carbons (Fsp3) is 0.625. The van der Waals surface area contributed by atoms with E-state index in [-0.39, 0.29) is 5.75 Å². The Balaban J connectivity index is 1.89. The predicted octanol–water partition coefficient (Wildman–Crippen LogP) is 14.6. The summed E-state index contributed by atoms with van der Waals surface area (Å²) in [4.78, 5) is 0. The van der Waals surface area contributed by atoms with Gasteiger partial charge < -0.3 is 28.8 Å². The van der Waals surface area contributed by atoms with Crippen LogP contribution in [0.1, 0.15) is 163 Å². The molecule has 0 fully saturated rings. The molecule has 6 nitrogen and oxygen atoms in total. The van der Waals surface area contributed by atoms with Crippen LogP contribution in [0.4, 0.5) is 0 Å². The molecule has 0 heterocycles. The maximum absolute atomic E-state index is 11.4. The molecule has 0 bridgehead atoms. The SMILES string of the molecule is CCCCCCOc1cc2c(cc1O)c1cc(OCCCCCC)c(OCCCCCC)cc1c1cc(OCCCCCC)c(OCCCCCC)cc21. The number of phenols is 1. The van der Waals surface area contributed by atoms with Crippen LogP contribution in [-0.4, -0.2) is 38.1 Å². The van der Waals surface area contributed by atoms with E-state index in [9.17, 15) is 5.11 Å². The summed E-state index contributed by atoms with van der Waals surface area (Å²) < 4.78 is 32.4. The van der Waals surface area contributed by atoms with Crippen molar-refractivity contribution in [2.75, 3.05) is 33.0 Å². The van der Waals surface area contributed by atoms with Crippen molar-refractivity contribution >= 4 is 32.3 Å². The first-order valence-corrected chi connectivity index (χ1v) is 21.9. The molecule has 0 aliphatic carbocycles. The normalized spacial score (nSPS) is 11.5. The molecule has 4 aromatic rings. The first-order valence-electron chi connectivity index (χ1n) is 21.9. The van der Waals surface area contributed by atoms with Crippen molar-refractivity contribution in [2.24, 2.45) is 0 Å². The number of hydrogen-bond donors (Lipinski definition) is 1. The topological polar surface area (TPSA) is 66.4 Å². The van der Waals surface area contributed by atoms with Gasteiger partial charge in [-0.15, -0.1) is 0 Å². The Kier molecular flexibility index (Phi) is 19.8. The molecular weight excluding hydrogens is 673 g/mol. The van der Waals surface area contributed by atoms with Crippen LogP contribution in [0, 0.1) is 0 Å². The predicted molar refractivity (Wildman–Crippen MR) is 229 cm³/mol. The molecule has 6 heteroatoms. The highest BCUT2D eigenvalue weighted by atomic mass is 16.5. The summed E-state index contributed by atoms with van der Waals surface area (Å²) in [6.07, 6.45) is 22.6. The third-order valence-electron chi connectivity index (χ3n) is 10.4. The largest absolute Gasteiger partial charge is 0.504 e. The highest BCUT2D eigenvalue weighted by molar-refractivity contribution is 6.26. The molecule has 0 spiro atoms. The molecule has 0 aliphatic rings. The van der Waals surface area contributed by atoms with E-state index in [0.717, 1.165) is 120 Å². The lowest BCUT2D eigenvalue weighted by atomic mass is 9.93. The number of hydrogen-bond acceptors (Lipinski definition) is 6. The zero-order valence-corrected chi connectivity index (χ0v) is 34.6. The molecule has 300 valence electrons. The van der Waals surface area contributed by atoms with E-state index in [1.54, 1.807) is 0 Å². The number of rotatable bonds is 30. The summed E-state index contributed by atoms with van der Waals surface area (Å²) in [6.45, 7) is 14.3. The van der Waals surface area contributed by atoms with Crippen molar-refractivity contribution in [2.45, 2.75) is 163 Å². The maximum Gasteiger partial charge on any atom is 0.161 e. The maximum atomic E-state index is 11.4. The van der Waals surface area contributed by atoms with Gasteiger partial charge in [0.05, 0.1) is 33.0 Å². The Morgan fingerprint density at radius 1 is 0.296 bits per heavy atom. The van der Waals surface area contributed by atoms with E-state index in [4.69, 9.17) is 23.7 Å². The number of ether oxygens (including phenoxy) is 5. The van der Waals surface area contributed by atoms with Gasteiger partial charge in [-0.05, 0) is 101 Å². The molecule has 0 radical (unpaired) electrons. The van der Waals surface area contributed by atoms with E-state index in [1.807, 2.05) is 12.1 Å². The molecule has 0 atom stereocenters. The van der Waals surface area contributed by atoms with Gasteiger partial charge >= 0.3 is 0 Å². The molecule has 1 N–H and O–H groups in total. The van der Waals surface area contributed by atoms with E-state index in [1.165, 1.54) is 64.2 Å². The highest BCUT2D eigenvalue weighted by Gasteiger charge is 2.20. The van der Waals surface area contributed by atoms with Gasteiger partial charge in [-0.25, -0.2) is 0 Å². The molecule has 54 heavy (non-hydrogen) atoms. The number of benzene rings is 4. The lowest BCUT2D eigenvalue weighted by molar-refractivity contribution is 0.259. The van der Waals surface area contributed by atoms with Crippen LogP contribution < -0.4 is 23.7 Å². The van der Waals surface area contributed by atoms with Crippen LogP contribution in [0.25, 0.3) is 32.3 Å². The van der Waals surface area contributed by atoms with Crippen LogP contribution in [0.15, 0.2) is 36.4 Å². The number of aromatic hydroxyl groups is 1. The Hall–Kier alpha value is -3.54. The molecule has 0 amide bonds. The summed E-state index contributed by atoms with van der Waals surface area (Å²) in [5, 5.41) is 17.5. The summed E-state index contributed by atoms with van der Waals surface area (Å²) in [5.74, 6) is 3.73. The molecule has 0 aromatic heterocycles. The smallest absolute Gasteiger partial charge is 0.161 e. The Morgan fingerprint density at radius 3 is 0.778 bits per heavy atom. The lowest BCUT2D eigenvalue weighted by Gasteiger charge is -2.20. The van der Waals surface area contributed by atoms with Gasteiger partial charge in [-0.1, -0.05) is 131 Å². The van der Waals surface area contributed by atoms with Crippen molar-refractivity contribution in [1.29, 1.82) is 0 Å². The van der Waals surface area contributed by atoms with Crippen LogP contribution in [0.3, 0.4) is 0 Å². The van der Waals surface area contributed by atoms with E-state index in [2.05, 4.69) is 58.9 Å². The van der Waals surface area contributed by atoms with Crippen LogP contribution in [0.2, 0.25) is 0 Å². The first-order chi connectivity index (χ1) is 26.6. The monoisotopic (exact) mass is 745 g/mol. The summed E-state index contributed by atoms with van der Waals surface area (Å²) in [6, 6.07) is 12.5. The zero-order valence-electron chi connectivity index (χ0n) is 34.6. The summed E-state index contributed by atoms with van der Waals surface area (Å²) >= 11 is 0. The summed E-state index contributed by atoms with van der Waals surface area (Å²) in [5.41, 5.74) is 0. The average Bonchev–Trinajstić information content (AvgIpc) is 3.18. The number of phenolic OH excluding ortho intramolecular Hbond substituents is 1. The molecular formula is C48H72O6. The highest BCUT2D eigenvalue weighted by Crippen LogP contribution is 2.47. The Morgan fingerprint density at radius 2 is 0.519 bits per heavy atom. The van der Waals surface area contributed by atoms with Gasteiger partial charge in [-0.2, -0.15) is 0 Å². The molecule has 4 rings (SSSR count). The molecule has 4 aromatic carbocycles. The second kappa shape index (κ2) is 24.8. The Bertz CT molecular complexity index is 1610. The number of fused-ring (bicyclic) bond motifs is 6. The molecule has 0 aliphatic heterocycles. The average molecular weight is 745 g/mol. The quantitative estimate of drug-likeness (QED) is 0.0424. The van der Waals surface area contributed by atoms with Crippen LogP contribution in [-0.2, 0) is 0 Å². The van der Waals surface area contributed by atoms with Crippen molar-refractivity contribution in [3.63, 3.8) is 0 Å². The second-order valence-electron chi connectivity index (χ2n) is 15.1. The number of unbranched alkanes of at least 4 members (excludes halogenated alkanes) is 15. The third-order valence-corrected chi connectivity index (χ3v) is 10.4. The minimum absolute atomic E-state index is 0.149. The third kappa shape index (κ3) is 13.0. The van der Waals surface area contributed by atoms with Crippen LogP contribution in [0.5, 0.6) is 34.5 Å². The minimum Gasteiger partial charge on any atom is -0.504 e. The van der Waals surface area contributed by atoms with E-state index < -0.39 is 0 Å². The van der Waals surface area contributed by atoms with Gasteiger partial charge in [0.2, 0.25) is 0 Å². The Labute approximate surface area is 327 Å². The molecule has 0 saturated heterocycles. The lowest BCUT2D eigenvalue weighted by Crippen LogP contribution is -2.04. The first kappa shape index (κ1) is 43.2. The van der Waals surface area contributed by atoms with Crippen molar-refractivity contribution in [3.05, 3.63) is 36.4 Å². The fourth-order valence-electron chi connectivity index (χ4n) is 7.15. The van der Waals surface area contributed by atoms with Crippen LogP contribution >= 0.6 is 0 Å². The van der Waals surface area contributed by atoms with Gasteiger partial charge in [0.15, 0.2) is 34.5 Å². The fourth-order valence-corrected chi connectivity index (χ4v) is 7.15. The van der Waals surface area contributed by atoms with Gasteiger partial charge in [0.25, 0.3) is 0 Å². The van der Waals surface area contributed by atoms with Crippen molar-refractivity contribution in [1.82, 2.24) is 0 Å². The van der Waals surface area contributed by atoms with E-state index in [0.29, 0.717) is 38.8 Å². The van der Waals surface area contributed by atoms with Gasteiger partial charge in [0, 0.05) is 0 Å². The molecule has 0 saturated carbocycles. The van der Waals surface area contributed by atoms with E-state index >= 15 is 0 Å². The zero-order chi connectivity index (χ0) is 38.4. The van der Waals surface area contributed by atoms with Crippen molar-refractivity contribution in [3.8, 4) is 34.5 Å². The second-order valence-corrected chi connectivity index (χ2v) is 15.1. The minimum atomic E-state index is 0.149.